The molecule has 0 aliphatic carbocycles. The Kier molecular flexibility index (Phi) is 4.50. The fraction of sp³-hybridized carbons (Fsp3) is 0.429. The molecular weight excluding hydrogens is 258 g/mol. The van der Waals surface area contributed by atoms with E-state index in [1.165, 1.54) is 10.4 Å². The van der Waals surface area contributed by atoms with Crippen molar-refractivity contribution in [1.29, 1.82) is 0 Å². The first kappa shape index (κ1) is 14.0. The number of nitrogens with one attached hydrogen (secondary N) is 1. The van der Waals surface area contributed by atoms with E-state index in [4.69, 9.17) is 4.74 Å². The van der Waals surface area contributed by atoms with E-state index in [2.05, 4.69) is 35.7 Å². The normalized spacial score (nSPS) is 10.9. The van der Waals surface area contributed by atoms with Crippen LogP contribution in [0.2, 0.25) is 0 Å². The van der Waals surface area contributed by atoms with Crippen LogP contribution >= 0.6 is 11.3 Å². The van der Waals surface area contributed by atoms with E-state index >= 15 is 0 Å². The molecule has 0 spiro atoms. The quantitative estimate of drug-likeness (QED) is 0.650. The number of fused-ring (bicyclic) bond motifs is 1. The second kappa shape index (κ2) is 6.12. The molecule has 0 radical (unpaired) electrons. The van der Waals surface area contributed by atoms with Gasteiger partial charge >= 0.3 is 0 Å². The van der Waals surface area contributed by atoms with Crippen LogP contribution in [0.4, 0.5) is 5.82 Å². The van der Waals surface area contributed by atoms with Crippen LogP contribution in [-0.4, -0.2) is 29.7 Å². The smallest absolute Gasteiger partial charge is 0.138 e. The lowest BCUT2D eigenvalue weighted by Crippen LogP contribution is -2.11. The zero-order valence-corrected chi connectivity index (χ0v) is 12.4. The first-order valence-electron chi connectivity index (χ1n) is 6.26. The molecule has 2 heterocycles. The Morgan fingerprint density at radius 2 is 2.21 bits per heavy atom. The van der Waals surface area contributed by atoms with Gasteiger partial charge in [-0.2, -0.15) is 0 Å². The van der Waals surface area contributed by atoms with E-state index in [1.807, 2.05) is 6.92 Å². The van der Waals surface area contributed by atoms with E-state index in [0.717, 1.165) is 28.2 Å². The summed E-state index contributed by atoms with van der Waals surface area (Å²) in [4.78, 5) is 11.0. The van der Waals surface area contributed by atoms with Crippen molar-refractivity contribution < 1.29 is 4.74 Å². The van der Waals surface area contributed by atoms with Crippen LogP contribution in [-0.2, 0) is 4.74 Å². The summed E-state index contributed by atoms with van der Waals surface area (Å²) >= 11 is 1.71. The van der Waals surface area contributed by atoms with Gasteiger partial charge in [-0.25, -0.2) is 9.97 Å². The average molecular weight is 277 g/mol. The van der Waals surface area contributed by atoms with Gasteiger partial charge < -0.3 is 10.1 Å². The van der Waals surface area contributed by atoms with Gasteiger partial charge in [0.25, 0.3) is 0 Å². The molecule has 2 aromatic heterocycles. The minimum Gasteiger partial charge on any atom is -0.375 e. The number of anilines is 1. The number of aromatic nitrogens is 2. The van der Waals surface area contributed by atoms with Gasteiger partial charge in [-0.1, -0.05) is 12.2 Å². The summed E-state index contributed by atoms with van der Waals surface area (Å²) in [5.41, 5.74) is 2.29. The Labute approximate surface area is 117 Å². The Morgan fingerprint density at radius 1 is 1.42 bits per heavy atom. The van der Waals surface area contributed by atoms with Crippen LogP contribution in [0.15, 0.2) is 18.5 Å². The molecule has 4 nitrogen and oxygen atoms in total. The summed E-state index contributed by atoms with van der Waals surface area (Å²) < 4.78 is 5.46. The maximum absolute atomic E-state index is 5.46. The van der Waals surface area contributed by atoms with Crippen LogP contribution in [0.25, 0.3) is 10.2 Å². The fourth-order valence-electron chi connectivity index (χ4n) is 1.80. The van der Waals surface area contributed by atoms with Crippen LogP contribution in [0, 0.1) is 13.8 Å². The van der Waals surface area contributed by atoms with Crippen molar-refractivity contribution in [3.05, 3.63) is 28.9 Å². The van der Waals surface area contributed by atoms with Crippen LogP contribution in [0.3, 0.4) is 0 Å². The van der Waals surface area contributed by atoms with Gasteiger partial charge in [0.15, 0.2) is 0 Å². The number of thiophene rings is 1. The van der Waals surface area contributed by atoms with Gasteiger partial charge in [0.2, 0.25) is 0 Å². The molecule has 2 aromatic rings. The Bertz CT molecular complexity index is 592. The van der Waals surface area contributed by atoms with Crippen LogP contribution in [0.5, 0.6) is 0 Å². The molecule has 0 aliphatic heterocycles. The molecule has 0 atom stereocenters. The molecule has 0 aromatic carbocycles. The Hall–Kier alpha value is -1.46. The highest BCUT2D eigenvalue weighted by molar-refractivity contribution is 7.18. The molecule has 0 saturated heterocycles. The van der Waals surface area contributed by atoms with E-state index in [0.29, 0.717) is 13.2 Å². The molecule has 2 rings (SSSR count). The fourth-order valence-corrected chi connectivity index (χ4v) is 2.80. The first-order chi connectivity index (χ1) is 9.09. The second-order valence-electron chi connectivity index (χ2n) is 4.62. The summed E-state index contributed by atoms with van der Waals surface area (Å²) in [5.74, 6) is 0.894. The Morgan fingerprint density at radius 3 is 2.95 bits per heavy atom. The van der Waals surface area contributed by atoms with Crippen LogP contribution < -0.4 is 5.32 Å². The van der Waals surface area contributed by atoms with Crippen molar-refractivity contribution in [2.75, 3.05) is 25.1 Å². The summed E-state index contributed by atoms with van der Waals surface area (Å²) in [5, 5.41) is 4.45. The van der Waals surface area contributed by atoms with Crippen molar-refractivity contribution in [3.8, 4) is 0 Å². The van der Waals surface area contributed by atoms with Crippen LogP contribution in [0.1, 0.15) is 17.4 Å². The predicted molar refractivity (Wildman–Crippen MR) is 81.0 cm³/mol. The van der Waals surface area contributed by atoms with Crippen molar-refractivity contribution in [2.24, 2.45) is 0 Å². The Balaban J connectivity index is 2.02. The first-order valence-corrected chi connectivity index (χ1v) is 7.08. The zero-order valence-electron chi connectivity index (χ0n) is 11.6. The highest BCUT2D eigenvalue weighted by Gasteiger charge is 2.11. The number of nitrogens with zero attached hydrogens (tertiary/aromatic N) is 2. The third-order valence-corrected chi connectivity index (χ3v) is 3.97. The summed E-state index contributed by atoms with van der Waals surface area (Å²) in [6.07, 6.45) is 1.61. The van der Waals surface area contributed by atoms with Gasteiger partial charge in [0.1, 0.15) is 17.0 Å². The number of hydrogen-bond acceptors (Lipinski definition) is 5. The average Bonchev–Trinajstić information content (AvgIpc) is 2.65. The van der Waals surface area contributed by atoms with Gasteiger partial charge in [-0.05, 0) is 26.3 Å². The van der Waals surface area contributed by atoms with Crippen molar-refractivity contribution in [2.45, 2.75) is 20.8 Å². The molecule has 19 heavy (non-hydrogen) atoms. The second-order valence-corrected chi connectivity index (χ2v) is 5.83. The highest BCUT2D eigenvalue weighted by Crippen LogP contribution is 2.32. The third-order valence-electron chi connectivity index (χ3n) is 2.85. The maximum atomic E-state index is 5.46. The zero-order chi connectivity index (χ0) is 13.8. The number of aryl methyl sites for hydroxylation is 2. The molecular formula is C14H19N3OS. The van der Waals surface area contributed by atoms with E-state index < -0.39 is 0 Å². The summed E-state index contributed by atoms with van der Waals surface area (Å²) in [6.45, 7) is 12.0. The van der Waals surface area contributed by atoms with E-state index in [9.17, 15) is 0 Å². The van der Waals surface area contributed by atoms with Gasteiger partial charge in [-0.3, -0.25) is 0 Å². The minimum absolute atomic E-state index is 0.609. The summed E-state index contributed by atoms with van der Waals surface area (Å²) in [6, 6.07) is 0. The number of ether oxygens (including phenoxy) is 1. The lowest BCUT2D eigenvalue weighted by atomic mass is 10.2. The molecule has 0 saturated carbocycles. The third kappa shape index (κ3) is 3.30. The highest BCUT2D eigenvalue weighted by atomic mass is 32.1. The van der Waals surface area contributed by atoms with Gasteiger partial charge in [-0.15, -0.1) is 11.3 Å². The number of hydrogen-bond donors (Lipinski definition) is 1. The van der Waals surface area contributed by atoms with Crippen molar-refractivity contribution in [3.63, 3.8) is 0 Å². The molecule has 0 unspecified atom stereocenters. The molecule has 5 heteroatoms. The predicted octanol–water partition coefficient (Wildman–Crippen LogP) is 3.31. The molecule has 0 aliphatic rings. The van der Waals surface area contributed by atoms with E-state index in [-0.39, 0.29) is 0 Å². The topological polar surface area (TPSA) is 47.0 Å². The van der Waals surface area contributed by atoms with Crippen molar-refractivity contribution >= 4 is 27.4 Å². The lowest BCUT2D eigenvalue weighted by Gasteiger charge is -2.08. The van der Waals surface area contributed by atoms with Gasteiger partial charge in [0.05, 0.1) is 18.6 Å². The van der Waals surface area contributed by atoms with Gasteiger partial charge in [0, 0.05) is 11.4 Å². The molecule has 102 valence electrons. The molecule has 0 fully saturated rings. The molecule has 1 N–H and O–H groups in total. The minimum atomic E-state index is 0.609. The molecule has 0 bridgehead atoms. The SMILES string of the molecule is C=C(C)COCCNc1ncnc2sc(C)c(C)c12. The largest absolute Gasteiger partial charge is 0.375 e. The lowest BCUT2D eigenvalue weighted by molar-refractivity contribution is 0.167. The van der Waals surface area contributed by atoms with Crippen molar-refractivity contribution in [1.82, 2.24) is 9.97 Å². The standard InChI is InChI=1S/C14H19N3OS/c1-9(2)7-18-6-5-15-13-12-10(3)11(4)19-14(12)17-8-16-13/h8H,1,5-7H2,2-4H3,(H,15,16,17). The molecule has 0 amide bonds. The maximum Gasteiger partial charge on any atom is 0.138 e. The monoisotopic (exact) mass is 277 g/mol. The summed E-state index contributed by atoms with van der Waals surface area (Å²) in [7, 11) is 0. The number of rotatable bonds is 6. The van der Waals surface area contributed by atoms with E-state index in [1.54, 1.807) is 17.7 Å².